The molecular weight excluding hydrogens is 442 g/mol. The van der Waals surface area contributed by atoms with Gasteiger partial charge < -0.3 is 9.47 Å². The van der Waals surface area contributed by atoms with Gasteiger partial charge in [0.25, 0.3) is 15.9 Å². The molecule has 0 spiro atoms. The first-order valence-corrected chi connectivity index (χ1v) is 11.5. The second-order valence-corrected chi connectivity index (χ2v) is 8.93. The SMILES string of the molecule is COc1ccc(/C=N\NC(=O)CN(c2cccc(C)c2)S(=O)(=O)c2ccccc2)cc1OC. The fraction of sp³-hybridized carbons (Fsp3) is 0.167. The van der Waals surface area contributed by atoms with Crippen molar-refractivity contribution in [3.8, 4) is 11.5 Å². The second kappa shape index (κ2) is 10.6. The Bertz CT molecular complexity index is 1240. The number of amides is 1. The lowest BCUT2D eigenvalue weighted by molar-refractivity contribution is -0.119. The van der Waals surface area contributed by atoms with Gasteiger partial charge in [0.1, 0.15) is 6.54 Å². The van der Waals surface area contributed by atoms with E-state index in [1.807, 2.05) is 13.0 Å². The number of hydrogen-bond donors (Lipinski definition) is 1. The minimum absolute atomic E-state index is 0.0909. The van der Waals surface area contributed by atoms with Crippen molar-refractivity contribution in [3.63, 3.8) is 0 Å². The molecule has 0 aromatic heterocycles. The lowest BCUT2D eigenvalue weighted by Gasteiger charge is -2.24. The second-order valence-electron chi connectivity index (χ2n) is 7.07. The van der Waals surface area contributed by atoms with Crippen LogP contribution in [0.5, 0.6) is 11.5 Å². The number of hydrazone groups is 1. The van der Waals surface area contributed by atoms with Gasteiger partial charge in [-0.2, -0.15) is 5.10 Å². The van der Waals surface area contributed by atoms with Gasteiger partial charge in [-0.3, -0.25) is 9.10 Å². The average molecular weight is 468 g/mol. The van der Waals surface area contributed by atoms with E-state index in [1.54, 1.807) is 54.6 Å². The predicted octanol–water partition coefficient (Wildman–Crippen LogP) is 3.36. The molecule has 0 aliphatic rings. The van der Waals surface area contributed by atoms with Crippen LogP contribution in [-0.4, -0.2) is 41.3 Å². The zero-order valence-electron chi connectivity index (χ0n) is 18.6. The Morgan fingerprint density at radius 3 is 2.36 bits per heavy atom. The summed E-state index contributed by atoms with van der Waals surface area (Å²) in [5.41, 5.74) is 4.31. The molecule has 8 nitrogen and oxygen atoms in total. The van der Waals surface area contributed by atoms with Crippen LogP contribution in [0.3, 0.4) is 0 Å². The Morgan fingerprint density at radius 1 is 0.970 bits per heavy atom. The molecule has 9 heteroatoms. The summed E-state index contributed by atoms with van der Waals surface area (Å²) in [6.07, 6.45) is 1.43. The van der Waals surface area contributed by atoms with Crippen molar-refractivity contribution in [2.24, 2.45) is 5.10 Å². The van der Waals surface area contributed by atoms with E-state index in [9.17, 15) is 13.2 Å². The third-order valence-electron chi connectivity index (χ3n) is 4.72. The van der Waals surface area contributed by atoms with E-state index in [1.165, 1.54) is 32.6 Å². The highest BCUT2D eigenvalue weighted by molar-refractivity contribution is 7.92. The Labute approximate surface area is 193 Å². The van der Waals surface area contributed by atoms with Gasteiger partial charge in [-0.05, 0) is 60.5 Å². The van der Waals surface area contributed by atoms with Crippen LogP contribution in [-0.2, 0) is 14.8 Å². The standard InChI is InChI=1S/C24H25N3O5S/c1-18-8-7-9-20(14-18)27(33(29,30)21-10-5-4-6-11-21)17-24(28)26-25-16-19-12-13-22(31-2)23(15-19)32-3/h4-16H,17H2,1-3H3,(H,26,28)/b25-16-. The molecule has 0 aliphatic carbocycles. The number of methoxy groups -OCH3 is 2. The molecule has 3 aromatic carbocycles. The molecule has 0 saturated heterocycles. The minimum atomic E-state index is -3.97. The fourth-order valence-electron chi connectivity index (χ4n) is 3.10. The molecule has 0 bridgehead atoms. The number of nitrogens with zero attached hydrogens (tertiary/aromatic N) is 2. The third-order valence-corrected chi connectivity index (χ3v) is 6.51. The van der Waals surface area contributed by atoms with Crippen molar-refractivity contribution >= 4 is 27.8 Å². The summed E-state index contributed by atoms with van der Waals surface area (Å²) in [6.45, 7) is 1.41. The Hall–Kier alpha value is -3.85. The number of sulfonamides is 1. The highest BCUT2D eigenvalue weighted by Crippen LogP contribution is 2.27. The van der Waals surface area contributed by atoms with Crippen LogP contribution in [0.1, 0.15) is 11.1 Å². The van der Waals surface area contributed by atoms with E-state index in [0.29, 0.717) is 22.7 Å². The molecule has 172 valence electrons. The lowest BCUT2D eigenvalue weighted by Crippen LogP contribution is -2.39. The summed E-state index contributed by atoms with van der Waals surface area (Å²) < 4.78 is 38.1. The summed E-state index contributed by atoms with van der Waals surface area (Å²) >= 11 is 0. The number of hydrogen-bond acceptors (Lipinski definition) is 6. The van der Waals surface area contributed by atoms with Gasteiger partial charge in [-0.1, -0.05) is 30.3 Å². The van der Waals surface area contributed by atoms with Crippen molar-refractivity contribution in [2.75, 3.05) is 25.1 Å². The number of carbonyl (C=O) groups is 1. The molecule has 0 atom stereocenters. The maximum Gasteiger partial charge on any atom is 0.264 e. The summed E-state index contributed by atoms with van der Waals surface area (Å²) in [7, 11) is -0.911. The number of aryl methyl sites for hydroxylation is 1. The van der Waals surface area contributed by atoms with E-state index in [4.69, 9.17) is 9.47 Å². The van der Waals surface area contributed by atoms with Crippen LogP contribution in [0.2, 0.25) is 0 Å². The lowest BCUT2D eigenvalue weighted by atomic mass is 10.2. The van der Waals surface area contributed by atoms with Gasteiger partial charge in [0.2, 0.25) is 0 Å². The number of anilines is 1. The fourth-order valence-corrected chi connectivity index (χ4v) is 4.53. The zero-order chi connectivity index (χ0) is 23.8. The smallest absolute Gasteiger partial charge is 0.264 e. The molecule has 0 heterocycles. The molecule has 1 amide bonds. The summed E-state index contributed by atoms with van der Waals surface area (Å²) in [6, 6.07) is 20.1. The van der Waals surface area contributed by atoms with Crippen LogP contribution in [0, 0.1) is 6.92 Å². The third kappa shape index (κ3) is 5.89. The Morgan fingerprint density at radius 2 is 1.70 bits per heavy atom. The molecule has 0 saturated carbocycles. The number of nitrogens with one attached hydrogen (secondary N) is 1. The topological polar surface area (TPSA) is 97.3 Å². The van der Waals surface area contributed by atoms with Gasteiger partial charge in [0, 0.05) is 0 Å². The van der Waals surface area contributed by atoms with Crippen LogP contribution in [0.4, 0.5) is 5.69 Å². The first-order valence-electron chi connectivity index (χ1n) is 10.0. The molecule has 33 heavy (non-hydrogen) atoms. The Balaban J connectivity index is 1.80. The van der Waals surface area contributed by atoms with Gasteiger partial charge in [-0.25, -0.2) is 13.8 Å². The molecule has 0 aliphatic heterocycles. The Kier molecular flexibility index (Phi) is 7.68. The van der Waals surface area contributed by atoms with Crippen molar-refractivity contribution < 1.29 is 22.7 Å². The summed E-state index contributed by atoms with van der Waals surface area (Å²) in [4.78, 5) is 12.7. The van der Waals surface area contributed by atoms with Crippen molar-refractivity contribution in [3.05, 3.63) is 83.9 Å². The first-order chi connectivity index (χ1) is 15.8. The van der Waals surface area contributed by atoms with Gasteiger partial charge in [0.05, 0.1) is 31.0 Å². The predicted molar refractivity (Wildman–Crippen MR) is 127 cm³/mol. The number of carbonyl (C=O) groups excluding carboxylic acids is 1. The van der Waals surface area contributed by atoms with E-state index < -0.39 is 22.5 Å². The summed E-state index contributed by atoms with van der Waals surface area (Å²) in [5.74, 6) is 0.499. The summed E-state index contributed by atoms with van der Waals surface area (Å²) in [5, 5.41) is 3.95. The van der Waals surface area contributed by atoms with E-state index in [2.05, 4.69) is 10.5 Å². The minimum Gasteiger partial charge on any atom is -0.493 e. The van der Waals surface area contributed by atoms with Crippen LogP contribution < -0.4 is 19.2 Å². The van der Waals surface area contributed by atoms with Gasteiger partial charge in [0.15, 0.2) is 11.5 Å². The largest absolute Gasteiger partial charge is 0.493 e. The van der Waals surface area contributed by atoms with Crippen LogP contribution >= 0.6 is 0 Å². The van der Waals surface area contributed by atoms with E-state index >= 15 is 0 Å². The average Bonchev–Trinajstić information content (AvgIpc) is 2.82. The monoisotopic (exact) mass is 467 g/mol. The van der Waals surface area contributed by atoms with Crippen LogP contribution in [0.25, 0.3) is 0 Å². The van der Waals surface area contributed by atoms with Crippen molar-refractivity contribution in [1.29, 1.82) is 0 Å². The number of ether oxygens (including phenoxy) is 2. The molecule has 0 radical (unpaired) electrons. The van der Waals surface area contributed by atoms with Crippen LogP contribution in [0.15, 0.2) is 82.8 Å². The van der Waals surface area contributed by atoms with Crippen molar-refractivity contribution in [2.45, 2.75) is 11.8 Å². The quantitative estimate of drug-likeness (QED) is 0.384. The van der Waals surface area contributed by atoms with Gasteiger partial charge >= 0.3 is 0 Å². The molecular formula is C24H25N3O5S. The normalized spacial score (nSPS) is 11.2. The molecule has 3 aromatic rings. The molecule has 0 unspecified atom stereocenters. The molecule has 1 N–H and O–H groups in total. The van der Waals surface area contributed by atoms with E-state index in [-0.39, 0.29) is 4.90 Å². The highest BCUT2D eigenvalue weighted by Gasteiger charge is 2.27. The van der Waals surface area contributed by atoms with Crippen molar-refractivity contribution in [1.82, 2.24) is 5.43 Å². The number of rotatable bonds is 9. The van der Waals surface area contributed by atoms with Gasteiger partial charge in [-0.15, -0.1) is 0 Å². The molecule has 0 fully saturated rings. The highest BCUT2D eigenvalue weighted by atomic mass is 32.2. The molecule has 3 rings (SSSR count). The number of benzene rings is 3. The first kappa shape index (κ1) is 23.8. The zero-order valence-corrected chi connectivity index (χ0v) is 19.4. The maximum atomic E-state index is 13.3. The van der Waals surface area contributed by atoms with E-state index in [0.717, 1.165) is 9.87 Å². The maximum absolute atomic E-state index is 13.3.